The first kappa shape index (κ1) is 18.0. The van der Waals surface area contributed by atoms with Gasteiger partial charge in [-0.25, -0.2) is 4.79 Å². The number of ketones is 1. The minimum atomic E-state index is -0.250. The first-order valence-corrected chi connectivity index (χ1v) is 9.83. The van der Waals surface area contributed by atoms with Crippen LogP contribution in [0.2, 0.25) is 0 Å². The van der Waals surface area contributed by atoms with Crippen LogP contribution in [0.3, 0.4) is 0 Å². The Bertz CT molecular complexity index is 1080. The van der Waals surface area contributed by atoms with Gasteiger partial charge in [0.2, 0.25) is 0 Å². The zero-order valence-electron chi connectivity index (χ0n) is 15.0. The summed E-state index contributed by atoms with van der Waals surface area (Å²) in [5.41, 5.74) is 3.57. The summed E-state index contributed by atoms with van der Waals surface area (Å²) in [7, 11) is 0. The zero-order valence-corrected chi connectivity index (χ0v) is 16.6. The van der Waals surface area contributed by atoms with Crippen LogP contribution < -0.4 is 10.4 Å². The predicted molar refractivity (Wildman–Crippen MR) is 108 cm³/mol. The van der Waals surface area contributed by atoms with Crippen molar-refractivity contribution in [1.29, 1.82) is 0 Å². The van der Waals surface area contributed by atoms with Crippen molar-refractivity contribution in [3.63, 3.8) is 0 Å². The molecule has 27 heavy (non-hydrogen) atoms. The predicted octanol–water partition coefficient (Wildman–Crippen LogP) is 5.00. The van der Waals surface area contributed by atoms with E-state index in [1.165, 1.54) is 0 Å². The summed E-state index contributed by atoms with van der Waals surface area (Å²) < 4.78 is 12.4. The van der Waals surface area contributed by atoms with Gasteiger partial charge in [0.25, 0.3) is 0 Å². The molecular weight excluding hydrogens is 408 g/mol. The van der Waals surface area contributed by atoms with Gasteiger partial charge in [-0.3, -0.25) is 4.79 Å². The highest BCUT2D eigenvalue weighted by atomic mass is 79.9. The van der Waals surface area contributed by atoms with E-state index in [2.05, 4.69) is 15.9 Å². The second kappa shape index (κ2) is 7.31. The van der Waals surface area contributed by atoms with E-state index in [4.69, 9.17) is 9.15 Å². The van der Waals surface area contributed by atoms with Crippen LogP contribution in [-0.4, -0.2) is 12.4 Å². The topological polar surface area (TPSA) is 56.5 Å². The number of Topliss-reactive ketones (excluding diaryl/α,β-unsaturated/α-hetero) is 1. The van der Waals surface area contributed by atoms with Gasteiger partial charge in [0.05, 0.1) is 5.39 Å². The molecule has 1 heterocycles. The molecule has 2 aromatic carbocycles. The molecule has 4 rings (SSSR count). The van der Waals surface area contributed by atoms with Crippen LogP contribution >= 0.6 is 15.9 Å². The SMILES string of the molecule is Cc1cc(OCC(=O)c2ccc(Br)cc2)c2c3c(c(=O)oc2c1)CCCC3. The molecule has 3 aromatic rings. The molecule has 0 bridgehead atoms. The number of carbonyl (C=O) groups is 1. The summed E-state index contributed by atoms with van der Waals surface area (Å²) in [5, 5.41) is 0.832. The first-order valence-electron chi connectivity index (χ1n) is 9.04. The van der Waals surface area contributed by atoms with Crippen molar-refractivity contribution in [2.75, 3.05) is 6.61 Å². The number of carbonyl (C=O) groups excluding carboxylic acids is 1. The Morgan fingerprint density at radius 1 is 1.11 bits per heavy atom. The number of hydrogen-bond acceptors (Lipinski definition) is 4. The average Bonchev–Trinajstić information content (AvgIpc) is 2.66. The molecule has 0 amide bonds. The summed E-state index contributed by atoms with van der Waals surface area (Å²) in [6, 6.07) is 11.0. The highest BCUT2D eigenvalue weighted by Crippen LogP contribution is 2.34. The summed E-state index contributed by atoms with van der Waals surface area (Å²) >= 11 is 3.37. The van der Waals surface area contributed by atoms with E-state index in [1.54, 1.807) is 12.1 Å². The lowest BCUT2D eigenvalue weighted by Crippen LogP contribution is -2.17. The van der Waals surface area contributed by atoms with Crippen LogP contribution in [0, 0.1) is 6.92 Å². The van der Waals surface area contributed by atoms with Crippen LogP contribution in [0.15, 0.2) is 50.1 Å². The van der Waals surface area contributed by atoms with Crippen molar-refractivity contribution in [2.24, 2.45) is 0 Å². The third-order valence-corrected chi connectivity index (χ3v) is 5.48. The fraction of sp³-hybridized carbons (Fsp3) is 0.273. The molecule has 0 N–H and O–H groups in total. The van der Waals surface area contributed by atoms with E-state index in [1.807, 2.05) is 31.2 Å². The van der Waals surface area contributed by atoms with Crippen molar-refractivity contribution in [1.82, 2.24) is 0 Å². The van der Waals surface area contributed by atoms with Gasteiger partial charge in [-0.15, -0.1) is 0 Å². The lowest BCUT2D eigenvalue weighted by molar-refractivity contribution is 0.0922. The largest absolute Gasteiger partial charge is 0.485 e. The lowest BCUT2D eigenvalue weighted by atomic mass is 9.90. The van der Waals surface area contributed by atoms with Crippen LogP contribution in [0.4, 0.5) is 0 Å². The number of fused-ring (bicyclic) bond motifs is 3. The molecule has 0 saturated heterocycles. The van der Waals surface area contributed by atoms with Crippen molar-refractivity contribution < 1.29 is 13.9 Å². The maximum atomic E-state index is 12.5. The number of hydrogen-bond donors (Lipinski definition) is 0. The first-order chi connectivity index (χ1) is 13.0. The van der Waals surface area contributed by atoms with Crippen LogP contribution in [0.25, 0.3) is 11.0 Å². The minimum Gasteiger partial charge on any atom is -0.485 e. The van der Waals surface area contributed by atoms with Gasteiger partial charge in [-0.05, 0) is 68.0 Å². The number of aryl methyl sites for hydroxylation is 2. The normalized spacial score (nSPS) is 13.4. The van der Waals surface area contributed by atoms with E-state index in [-0.39, 0.29) is 18.0 Å². The molecule has 0 atom stereocenters. The molecule has 1 aromatic heterocycles. The smallest absolute Gasteiger partial charge is 0.339 e. The molecule has 1 aliphatic rings. The second-order valence-electron chi connectivity index (χ2n) is 6.91. The van der Waals surface area contributed by atoms with Gasteiger partial charge in [0.15, 0.2) is 12.4 Å². The van der Waals surface area contributed by atoms with Crippen molar-refractivity contribution in [3.8, 4) is 5.75 Å². The standard InChI is InChI=1S/C22H19BrO4/c1-13-10-19(26-12-18(24)14-6-8-15(23)9-7-14)21-16-4-2-3-5-17(16)22(25)27-20(21)11-13/h6-11H,2-5,12H2,1H3. The Hall–Kier alpha value is -2.40. The van der Waals surface area contributed by atoms with Gasteiger partial charge in [-0.1, -0.05) is 28.1 Å². The highest BCUT2D eigenvalue weighted by Gasteiger charge is 2.21. The second-order valence-corrected chi connectivity index (χ2v) is 7.82. The maximum Gasteiger partial charge on any atom is 0.339 e. The Morgan fingerprint density at radius 2 is 1.81 bits per heavy atom. The van der Waals surface area contributed by atoms with E-state index in [0.29, 0.717) is 16.9 Å². The van der Waals surface area contributed by atoms with E-state index in [0.717, 1.165) is 52.2 Å². The third kappa shape index (κ3) is 3.56. The zero-order chi connectivity index (χ0) is 19.0. The van der Waals surface area contributed by atoms with Crippen molar-refractivity contribution in [3.05, 3.63) is 73.5 Å². The number of ether oxygens (including phenoxy) is 1. The number of rotatable bonds is 4. The van der Waals surface area contributed by atoms with Crippen LogP contribution in [-0.2, 0) is 12.8 Å². The molecule has 0 unspecified atom stereocenters. The van der Waals surface area contributed by atoms with Crippen LogP contribution in [0.1, 0.15) is 39.9 Å². The Kier molecular flexibility index (Phi) is 4.87. The molecule has 0 radical (unpaired) electrons. The van der Waals surface area contributed by atoms with Crippen molar-refractivity contribution in [2.45, 2.75) is 32.6 Å². The molecule has 1 aliphatic carbocycles. The third-order valence-electron chi connectivity index (χ3n) is 4.95. The average molecular weight is 427 g/mol. The van der Waals surface area contributed by atoms with Gasteiger partial charge in [-0.2, -0.15) is 0 Å². The summed E-state index contributed by atoms with van der Waals surface area (Å²) in [6.07, 6.45) is 3.60. The Balaban J connectivity index is 1.71. The minimum absolute atomic E-state index is 0.0614. The van der Waals surface area contributed by atoms with E-state index >= 15 is 0 Å². The van der Waals surface area contributed by atoms with Gasteiger partial charge in [0, 0.05) is 15.6 Å². The molecule has 5 heteroatoms. The van der Waals surface area contributed by atoms with E-state index in [9.17, 15) is 9.59 Å². The van der Waals surface area contributed by atoms with Crippen LogP contribution in [0.5, 0.6) is 5.75 Å². The number of benzene rings is 2. The molecule has 4 nitrogen and oxygen atoms in total. The molecule has 0 aliphatic heterocycles. The molecule has 0 saturated carbocycles. The molecule has 0 spiro atoms. The van der Waals surface area contributed by atoms with Gasteiger partial charge < -0.3 is 9.15 Å². The molecule has 0 fully saturated rings. The fourth-order valence-corrected chi connectivity index (χ4v) is 3.91. The highest BCUT2D eigenvalue weighted by molar-refractivity contribution is 9.10. The fourth-order valence-electron chi connectivity index (χ4n) is 3.64. The molecular formula is C22H19BrO4. The summed E-state index contributed by atoms with van der Waals surface area (Å²) in [6.45, 7) is 1.86. The van der Waals surface area contributed by atoms with Gasteiger partial charge >= 0.3 is 5.63 Å². The quantitative estimate of drug-likeness (QED) is 0.434. The monoisotopic (exact) mass is 426 g/mol. The summed E-state index contributed by atoms with van der Waals surface area (Å²) in [4.78, 5) is 24.8. The van der Waals surface area contributed by atoms with Crippen molar-refractivity contribution >= 4 is 32.7 Å². The Labute approximate surface area is 165 Å². The van der Waals surface area contributed by atoms with Gasteiger partial charge in [0.1, 0.15) is 11.3 Å². The maximum absolute atomic E-state index is 12.5. The summed E-state index contributed by atoms with van der Waals surface area (Å²) in [5.74, 6) is 0.515. The Morgan fingerprint density at radius 3 is 2.56 bits per heavy atom. The van der Waals surface area contributed by atoms with E-state index < -0.39 is 0 Å². The lowest BCUT2D eigenvalue weighted by Gasteiger charge is -2.18. The molecule has 138 valence electrons. The number of halogens is 1.